The molecule has 1 rings (SSSR count). The zero-order chi connectivity index (χ0) is 25.6. The van der Waals surface area contributed by atoms with E-state index in [1.54, 1.807) is 0 Å². The van der Waals surface area contributed by atoms with Crippen molar-refractivity contribution in [1.29, 1.82) is 0 Å². The second-order valence-electron chi connectivity index (χ2n) is 10.6. The first-order valence-corrected chi connectivity index (χ1v) is 15.0. The largest absolute Gasteiger partial charge is 0.508 e. The van der Waals surface area contributed by atoms with Crippen LogP contribution in [-0.2, 0) is 9.53 Å². The highest BCUT2D eigenvalue weighted by molar-refractivity contribution is 5.69. The van der Waals surface area contributed by atoms with Crippen molar-refractivity contribution in [2.24, 2.45) is 5.92 Å². The Hall–Kier alpha value is -1.51. The lowest BCUT2D eigenvalue weighted by Gasteiger charge is -2.18. The Labute approximate surface area is 217 Å². The molecule has 0 spiro atoms. The van der Waals surface area contributed by atoms with Gasteiger partial charge in [0.25, 0.3) is 0 Å². The zero-order valence-corrected chi connectivity index (χ0v) is 23.4. The molecule has 0 aromatic heterocycles. The number of ether oxygens (including phenoxy) is 1. The average Bonchev–Trinajstić information content (AvgIpc) is 2.87. The second kappa shape index (κ2) is 21.7. The summed E-state index contributed by atoms with van der Waals surface area (Å²) in [6.45, 7) is 7.28. The van der Waals surface area contributed by atoms with Crippen molar-refractivity contribution in [3.8, 4) is 5.75 Å². The van der Waals surface area contributed by atoms with Gasteiger partial charge in [0.1, 0.15) is 5.75 Å². The Morgan fingerprint density at radius 3 is 1.83 bits per heavy atom. The van der Waals surface area contributed by atoms with Gasteiger partial charge >= 0.3 is 5.97 Å². The quantitative estimate of drug-likeness (QED) is 0.123. The van der Waals surface area contributed by atoms with Gasteiger partial charge in [-0.05, 0) is 55.2 Å². The molecule has 0 heterocycles. The Balaban J connectivity index is 2.13. The topological polar surface area (TPSA) is 46.5 Å². The van der Waals surface area contributed by atoms with Gasteiger partial charge in [0.2, 0.25) is 0 Å². The minimum absolute atomic E-state index is 0.00471. The molecule has 0 aliphatic heterocycles. The molecule has 3 nitrogen and oxygen atoms in total. The van der Waals surface area contributed by atoms with Gasteiger partial charge in [-0.2, -0.15) is 0 Å². The summed E-state index contributed by atoms with van der Waals surface area (Å²) in [5.74, 6) is 1.52. The van der Waals surface area contributed by atoms with E-state index in [1.807, 2.05) is 12.1 Å². The van der Waals surface area contributed by atoms with Crippen molar-refractivity contribution in [2.45, 2.75) is 149 Å². The van der Waals surface area contributed by atoms with E-state index in [4.69, 9.17) is 4.74 Å². The van der Waals surface area contributed by atoms with E-state index in [2.05, 4.69) is 32.9 Å². The molecule has 0 bridgehead atoms. The number of carbonyl (C=O) groups is 1. The first-order valence-electron chi connectivity index (χ1n) is 15.0. The molecular weight excluding hydrogens is 432 g/mol. The van der Waals surface area contributed by atoms with Crippen LogP contribution in [0, 0.1) is 5.92 Å². The lowest BCUT2D eigenvalue weighted by Crippen LogP contribution is -2.13. The molecule has 0 fully saturated rings. The number of esters is 1. The van der Waals surface area contributed by atoms with Crippen LogP contribution in [0.15, 0.2) is 24.3 Å². The standard InChI is InChI=1S/C32H56O3/c1-4-7-9-13-16-20-29(30-23-25-31(33)26-24-30)21-17-14-11-10-12-15-18-22-32(34)35-27-28(6-3)19-8-5-2/h23-26,28-29,33H,4-22,27H2,1-3H3. The molecule has 0 amide bonds. The predicted molar refractivity (Wildman–Crippen MR) is 150 cm³/mol. The lowest BCUT2D eigenvalue weighted by atomic mass is 9.88. The number of hydrogen-bond donors (Lipinski definition) is 1. The smallest absolute Gasteiger partial charge is 0.305 e. The van der Waals surface area contributed by atoms with Gasteiger partial charge < -0.3 is 9.84 Å². The van der Waals surface area contributed by atoms with Gasteiger partial charge in [-0.25, -0.2) is 0 Å². The van der Waals surface area contributed by atoms with E-state index in [0.717, 1.165) is 19.3 Å². The summed E-state index contributed by atoms with van der Waals surface area (Å²) in [4.78, 5) is 12.0. The second-order valence-corrected chi connectivity index (χ2v) is 10.6. The van der Waals surface area contributed by atoms with Crippen LogP contribution in [0.4, 0.5) is 0 Å². The maximum Gasteiger partial charge on any atom is 0.305 e. The molecule has 0 radical (unpaired) electrons. The Bertz CT molecular complexity index is 610. The van der Waals surface area contributed by atoms with Crippen LogP contribution in [-0.4, -0.2) is 17.7 Å². The third kappa shape index (κ3) is 16.7. The van der Waals surface area contributed by atoms with Gasteiger partial charge in [0.15, 0.2) is 0 Å². The average molecular weight is 489 g/mol. The van der Waals surface area contributed by atoms with Crippen LogP contribution in [0.5, 0.6) is 5.75 Å². The number of unbranched alkanes of at least 4 members (excludes halogenated alkanes) is 11. The van der Waals surface area contributed by atoms with E-state index in [-0.39, 0.29) is 5.97 Å². The highest BCUT2D eigenvalue weighted by Gasteiger charge is 2.12. The lowest BCUT2D eigenvalue weighted by molar-refractivity contribution is -0.145. The first kappa shape index (κ1) is 31.5. The first-order chi connectivity index (χ1) is 17.1. The minimum Gasteiger partial charge on any atom is -0.508 e. The van der Waals surface area contributed by atoms with Gasteiger partial charge in [0, 0.05) is 6.42 Å². The Morgan fingerprint density at radius 1 is 0.714 bits per heavy atom. The Kier molecular flexibility index (Phi) is 19.6. The van der Waals surface area contributed by atoms with Crippen molar-refractivity contribution < 1.29 is 14.6 Å². The van der Waals surface area contributed by atoms with E-state index in [1.165, 1.54) is 102 Å². The molecule has 202 valence electrons. The van der Waals surface area contributed by atoms with E-state index in [0.29, 0.717) is 30.6 Å². The summed E-state index contributed by atoms with van der Waals surface area (Å²) in [5, 5.41) is 9.64. The van der Waals surface area contributed by atoms with Crippen molar-refractivity contribution in [1.82, 2.24) is 0 Å². The van der Waals surface area contributed by atoms with Gasteiger partial charge in [-0.1, -0.05) is 123 Å². The number of phenolic OH excluding ortho intramolecular Hbond substituents is 1. The van der Waals surface area contributed by atoms with Gasteiger partial charge in [-0.15, -0.1) is 0 Å². The molecule has 2 atom stereocenters. The summed E-state index contributed by atoms with van der Waals surface area (Å²) < 4.78 is 5.51. The number of phenols is 1. The van der Waals surface area contributed by atoms with E-state index >= 15 is 0 Å². The summed E-state index contributed by atoms with van der Waals surface area (Å²) in [6, 6.07) is 7.91. The van der Waals surface area contributed by atoms with Crippen molar-refractivity contribution >= 4 is 5.97 Å². The van der Waals surface area contributed by atoms with Gasteiger partial charge in [0.05, 0.1) is 6.61 Å². The fourth-order valence-corrected chi connectivity index (χ4v) is 4.94. The summed E-state index contributed by atoms with van der Waals surface area (Å²) in [6.07, 6.45) is 22.9. The highest BCUT2D eigenvalue weighted by Crippen LogP contribution is 2.30. The SMILES string of the molecule is CCCCCCCC(CCCCCCCCCC(=O)OCC(CC)CCCC)c1ccc(O)cc1. The molecule has 2 unspecified atom stereocenters. The molecule has 3 heteroatoms. The van der Waals surface area contributed by atoms with E-state index < -0.39 is 0 Å². The maximum atomic E-state index is 12.0. The fraction of sp³-hybridized carbons (Fsp3) is 0.781. The molecule has 1 N–H and O–H groups in total. The van der Waals surface area contributed by atoms with Crippen molar-refractivity contribution in [3.63, 3.8) is 0 Å². The molecule has 1 aromatic carbocycles. The third-order valence-electron chi connectivity index (χ3n) is 7.48. The molecular formula is C32H56O3. The molecule has 0 aliphatic carbocycles. The molecule has 35 heavy (non-hydrogen) atoms. The predicted octanol–water partition coefficient (Wildman–Crippen LogP) is 10.1. The summed E-state index contributed by atoms with van der Waals surface area (Å²) in [5.41, 5.74) is 1.39. The summed E-state index contributed by atoms with van der Waals surface area (Å²) >= 11 is 0. The third-order valence-corrected chi connectivity index (χ3v) is 7.48. The van der Waals surface area contributed by atoms with Crippen LogP contribution in [0.2, 0.25) is 0 Å². The van der Waals surface area contributed by atoms with Crippen LogP contribution >= 0.6 is 0 Å². The molecule has 1 aromatic rings. The minimum atomic E-state index is -0.00471. The maximum absolute atomic E-state index is 12.0. The van der Waals surface area contributed by atoms with Crippen molar-refractivity contribution in [2.75, 3.05) is 6.61 Å². The number of rotatable bonds is 23. The number of benzene rings is 1. The normalized spacial score (nSPS) is 13.0. The number of carbonyl (C=O) groups excluding carboxylic acids is 1. The van der Waals surface area contributed by atoms with Crippen LogP contribution in [0.25, 0.3) is 0 Å². The zero-order valence-electron chi connectivity index (χ0n) is 23.4. The monoisotopic (exact) mass is 488 g/mol. The van der Waals surface area contributed by atoms with E-state index in [9.17, 15) is 9.90 Å². The number of aromatic hydroxyl groups is 1. The van der Waals surface area contributed by atoms with Gasteiger partial charge in [-0.3, -0.25) is 4.79 Å². The Morgan fingerprint density at radius 2 is 1.26 bits per heavy atom. The molecule has 0 aliphatic rings. The van der Waals surface area contributed by atoms with Crippen molar-refractivity contribution in [3.05, 3.63) is 29.8 Å². The van der Waals surface area contributed by atoms with Crippen LogP contribution in [0.1, 0.15) is 154 Å². The highest BCUT2D eigenvalue weighted by atomic mass is 16.5. The van der Waals surface area contributed by atoms with Crippen LogP contribution in [0.3, 0.4) is 0 Å². The summed E-state index contributed by atoms with van der Waals surface area (Å²) in [7, 11) is 0. The molecule has 0 saturated carbocycles. The van der Waals surface area contributed by atoms with Crippen LogP contribution < -0.4 is 0 Å². The molecule has 0 saturated heterocycles. The number of hydrogen-bond acceptors (Lipinski definition) is 3. The fourth-order valence-electron chi connectivity index (χ4n) is 4.94.